The zero-order valence-electron chi connectivity index (χ0n) is 10.7. The molecular weight excluding hydrogens is 280 g/mol. The highest BCUT2D eigenvalue weighted by atomic mass is 32.1. The van der Waals surface area contributed by atoms with E-state index in [1.165, 1.54) is 29.7 Å². The van der Waals surface area contributed by atoms with Crippen LogP contribution in [0.1, 0.15) is 21.5 Å². The van der Waals surface area contributed by atoms with Crippen molar-refractivity contribution in [3.05, 3.63) is 50.3 Å². The standard InChI is InChI=1S/C13H12N2O4S/c1-2-9-5-6-12(20-9)10(16)8-19-11-4-3-7-14-13(11)15(17)18/h3-7H,2,8H2,1H3. The van der Waals surface area contributed by atoms with Crippen LogP contribution in [0.2, 0.25) is 0 Å². The number of aromatic nitrogens is 1. The number of carbonyl (C=O) groups is 1. The third-order valence-corrected chi connectivity index (χ3v) is 3.84. The molecule has 0 N–H and O–H groups in total. The maximum Gasteiger partial charge on any atom is 0.406 e. The summed E-state index contributed by atoms with van der Waals surface area (Å²) in [5.41, 5.74) is 0. The highest BCUT2D eigenvalue weighted by molar-refractivity contribution is 7.14. The van der Waals surface area contributed by atoms with E-state index in [-0.39, 0.29) is 24.0 Å². The first kappa shape index (κ1) is 14.1. The van der Waals surface area contributed by atoms with E-state index in [1.54, 1.807) is 6.07 Å². The van der Waals surface area contributed by atoms with Gasteiger partial charge in [-0.1, -0.05) is 6.92 Å². The van der Waals surface area contributed by atoms with Gasteiger partial charge in [-0.2, -0.15) is 0 Å². The van der Waals surface area contributed by atoms with Crippen LogP contribution in [-0.2, 0) is 6.42 Å². The minimum atomic E-state index is -0.639. The molecule has 0 aromatic carbocycles. The minimum Gasteiger partial charge on any atom is -0.477 e. The van der Waals surface area contributed by atoms with Gasteiger partial charge in [0, 0.05) is 4.88 Å². The molecule has 0 radical (unpaired) electrons. The predicted octanol–water partition coefficient (Wildman–Crippen LogP) is 2.88. The first-order valence-corrected chi connectivity index (χ1v) is 6.77. The second kappa shape index (κ2) is 6.25. The van der Waals surface area contributed by atoms with Crippen molar-refractivity contribution in [3.8, 4) is 5.75 Å². The van der Waals surface area contributed by atoms with Crippen molar-refractivity contribution in [2.75, 3.05) is 6.61 Å². The van der Waals surface area contributed by atoms with Gasteiger partial charge in [0.1, 0.15) is 6.20 Å². The molecule has 0 aliphatic heterocycles. The van der Waals surface area contributed by atoms with E-state index < -0.39 is 4.92 Å². The van der Waals surface area contributed by atoms with Crippen molar-refractivity contribution >= 4 is 22.9 Å². The summed E-state index contributed by atoms with van der Waals surface area (Å²) >= 11 is 1.41. The molecule has 0 saturated heterocycles. The van der Waals surface area contributed by atoms with Crippen molar-refractivity contribution in [3.63, 3.8) is 0 Å². The maximum absolute atomic E-state index is 11.9. The molecule has 2 aromatic heterocycles. The number of pyridine rings is 1. The zero-order chi connectivity index (χ0) is 14.5. The molecular formula is C13H12N2O4S. The molecule has 2 heterocycles. The van der Waals surface area contributed by atoms with Crippen LogP contribution in [0.25, 0.3) is 0 Å². The summed E-state index contributed by atoms with van der Waals surface area (Å²) in [5, 5.41) is 10.8. The Morgan fingerprint density at radius 1 is 1.45 bits per heavy atom. The van der Waals surface area contributed by atoms with Crippen molar-refractivity contribution in [1.29, 1.82) is 0 Å². The van der Waals surface area contributed by atoms with Gasteiger partial charge in [-0.15, -0.1) is 11.3 Å². The lowest BCUT2D eigenvalue weighted by molar-refractivity contribution is -0.390. The van der Waals surface area contributed by atoms with Gasteiger partial charge >= 0.3 is 5.82 Å². The third-order valence-electron chi connectivity index (χ3n) is 2.57. The summed E-state index contributed by atoms with van der Waals surface area (Å²) in [7, 11) is 0. The topological polar surface area (TPSA) is 82.3 Å². The van der Waals surface area contributed by atoms with E-state index in [9.17, 15) is 14.9 Å². The molecule has 6 nitrogen and oxygen atoms in total. The second-order valence-electron chi connectivity index (χ2n) is 3.91. The lowest BCUT2D eigenvalue weighted by Crippen LogP contribution is -2.11. The fourth-order valence-corrected chi connectivity index (χ4v) is 2.44. The summed E-state index contributed by atoms with van der Waals surface area (Å²) in [5.74, 6) is -0.591. The summed E-state index contributed by atoms with van der Waals surface area (Å²) in [6.45, 7) is 1.77. The largest absolute Gasteiger partial charge is 0.477 e. The molecule has 0 aliphatic carbocycles. The molecule has 7 heteroatoms. The Balaban J connectivity index is 2.05. The average molecular weight is 292 g/mol. The van der Waals surface area contributed by atoms with Gasteiger partial charge in [-0.25, -0.2) is 0 Å². The number of ether oxygens (including phenoxy) is 1. The van der Waals surface area contributed by atoms with E-state index in [2.05, 4.69) is 4.98 Å². The molecule has 20 heavy (non-hydrogen) atoms. The smallest absolute Gasteiger partial charge is 0.406 e. The number of thiophene rings is 1. The Morgan fingerprint density at radius 2 is 2.25 bits per heavy atom. The summed E-state index contributed by atoms with van der Waals surface area (Å²) < 4.78 is 5.21. The normalized spacial score (nSPS) is 10.2. The number of carbonyl (C=O) groups excluding carboxylic acids is 1. The average Bonchev–Trinajstić information content (AvgIpc) is 2.94. The van der Waals surface area contributed by atoms with Crippen LogP contribution >= 0.6 is 11.3 Å². The van der Waals surface area contributed by atoms with Gasteiger partial charge in [-0.3, -0.25) is 4.79 Å². The Kier molecular flexibility index (Phi) is 4.41. The van der Waals surface area contributed by atoms with Gasteiger partial charge < -0.3 is 14.9 Å². The summed E-state index contributed by atoms with van der Waals surface area (Å²) in [6, 6.07) is 6.58. The molecule has 2 aromatic rings. The van der Waals surface area contributed by atoms with Crippen molar-refractivity contribution in [1.82, 2.24) is 4.98 Å². The number of Topliss-reactive ketones (excluding diaryl/α,β-unsaturated/α-hetero) is 1. The van der Waals surface area contributed by atoms with E-state index in [0.717, 1.165) is 11.3 Å². The maximum atomic E-state index is 11.9. The molecule has 0 bridgehead atoms. The zero-order valence-corrected chi connectivity index (χ0v) is 11.6. The first-order chi connectivity index (χ1) is 9.61. The highest BCUT2D eigenvalue weighted by Gasteiger charge is 2.17. The van der Waals surface area contributed by atoms with E-state index in [1.807, 2.05) is 13.0 Å². The number of ketones is 1. The Hall–Kier alpha value is -2.28. The molecule has 0 amide bonds. The molecule has 0 atom stereocenters. The fourth-order valence-electron chi connectivity index (χ4n) is 1.56. The number of hydrogen-bond acceptors (Lipinski definition) is 6. The Morgan fingerprint density at radius 3 is 2.90 bits per heavy atom. The highest BCUT2D eigenvalue weighted by Crippen LogP contribution is 2.23. The quantitative estimate of drug-likeness (QED) is 0.464. The van der Waals surface area contributed by atoms with Crippen molar-refractivity contribution in [2.24, 2.45) is 0 Å². The Labute approximate surface area is 119 Å². The lowest BCUT2D eigenvalue weighted by atomic mass is 10.3. The van der Waals surface area contributed by atoms with Crippen molar-refractivity contribution < 1.29 is 14.5 Å². The first-order valence-electron chi connectivity index (χ1n) is 5.96. The van der Waals surface area contributed by atoms with Crippen LogP contribution in [0.4, 0.5) is 5.82 Å². The minimum absolute atomic E-state index is 0.00174. The number of hydrogen-bond donors (Lipinski definition) is 0. The Bertz CT molecular complexity index is 639. The number of nitrogens with zero attached hydrogens (tertiary/aromatic N) is 2. The molecule has 0 saturated carbocycles. The third kappa shape index (κ3) is 3.18. The SMILES string of the molecule is CCc1ccc(C(=O)COc2cccnc2[N+](=O)[O-])s1. The number of nitro groups is 1. The molecule has 2 rings (SSSR count). The monoisotopic (exact) mass is 292 g/mol. The summed E-state index contributed by atoms with van der Waals surface area (Å²) in [4.78, 5) is 27.4. The van der Waals surface area contributed by atoms with Gasteiger partial charge in [0.25, 0.3) is 0 Å². The van der Waals surface area contributed by atoms with E-state index >= 15 is 0 Å². The summed E-state index contributed by atoms with van der Waals surface area (Å²) in [6.07, 6.45) is 2.17. The molecule has 0 spiro atoms. The number of aryl methyl sites for hydroxylation is 1. The molecule has 104 valence electrons. The van der Waals surface area contributed by atoms with Crippen LogP contribution in [0.3, 0.4) is 0 Å². The lowest BCUT2D eigenvalue weighted by Gasteiger charge is -2.04. The van der Waals surface area contributed by atoms with Crippen LogP contribution in [0.5, 0.6) is 5.75 Å². The molecule has 0 fully saturated rings. The van der Waals surface area contributed by atoms with Gasteiger partial charge in [0.05, 0.1) is 4.88 Å². The van der Waals surface area contributed by atoms with E-state index in [4.69, 9.17) is 4.74 Å². The van der Waals surface area contributed by atoms with Crippen LogP contribution < -0.4 is 4.74 Å². The fraction of sp³-hybridized carbons (Fsp3) is 0.231. The van der Waals surface area contributed by atoms with Crippen LogP contribution in [0, 0.1) is 10.1 Å². The van der Waals surface area contributed by atoms with Crippen molar-refractivity contribution in [2.45, 2.75) is 13.3 Å². The van der Waals surface area contributed by atoms with Gasteiger partial charge in [-0.05, 0) is 40.6 Å². The van der Waals surface area contributed by atoms with Crippen LogP contribution in [-0.4, -0.2) is 22.3 Å². The molecule has 0 unspecified atom stereocenters. The number of rotatable bonds is 6. The predicted molar refractivity (Wildman–Crippen MR) is 74.4 cm³/mol. The van der Waals surface area contributed by atoms with E-state index in [0.29, 0.717) is 4.88 Å². The van der Waals surface area contributed by atoms with Crippen LogP contribution in [0.15, 0.2) is 30.5 Å². The second-order valence-corrected chi connectivity index (χ2v) is 5.08. The van der Waals surface area contributed by atoms with Gasteiger partial charge in [0.15, 0.2) is 6.61 Å². The molecule has 0 aliphatic rings. The van der Waals surface area contributed by atoms with Gasteiger partial charge in [0.2, 0.25) is 11.5 Å².